The van der Waals surface area contributed by atoms with Crippen LogP contribution < -0.4 is 0 Å². The second-order valence-electron chi connectivity index (χ2n) is 2.97. The molecule has 72 valence electrons. The fraction of sp³-hybridized carbons (Fsp3) is 0.100. The minimum Gasteiger partial charge on any atom is -0.323 e. The summed E-state index contributed by atoms with van der Waals surface area (Å²) in [4.78, 5) is 4.36. The molecule has 0 aliphatic carbocycles. The van der Waals surface area contributed by atoms with E-state index in [9.17, 15) is 0 Å². The van der Waals surface area contributed by atoms with Crippen LogP contribution in [0.15, 0.2) is 34.9 Å². The van der Waals surface area contributed by atoms with Gasteiger partial charge in [0.2, 0.25) is 0 Å². The molecule has 2 nitrogen and oxygen atoms in total. The van der Waals surface area contributed by atoms with Gasteiger partial charge in [-0.05, 0) is 34.7 Å². The number of hydrogen-bond acceptors (Lipinski definition) is 1. The van der Waals surface area contributed by atoms with Crippen molar-refractivity contribution in [2.45, 2.75) is 0 Å². The maximum atomic E-state index is 4.36. The molecular weight excluding hydrogens is 355 g/mol. The van der Waals surface area contributed by atoms with Crippen LogP contribution in [0, 0.1) is 3.70 Å². The molecule has 0 saturated carbocycles. The van der Waals surface area contributed by atoms with Crippen LogP contribution in [0.2, 0.25) is 0 Å². The Morgan fingerprint density at radius 3 is 2.43 bits per heavy atom. The molecule has 0 fully saturated rings. The Kier molecular flexibility index (Phi) is 2.92. The van der Waals surface area contributed by atoms with Gasteiger partial charge in [-0.2, -0.15) is 0 Å². The summed E-state index contributed by atoms with van der Waals surface area (Å²) in [6.07, 6.45) is 1.87. The van der Waals surface area contributed by atoms with Gasteiger partial charge in [-0.1, -0.05) is 28.1 Å². The summed E-state index contributed by atoms with van der Waals surface area (Å²) in [5.74, 6) is 1.00. The third-order valence-corrected chi connectivity index (χ3v) is 3.56. The summed E-state index contributed by atoms with van der Waals surface area (Å²) < 4.78 is 4.30. The van der Waals surface area contributed by atoms with Gasteiger partial charge >= 0.3 is 0 Å². The van der Waals surface area contributed by atoms with Crippen molar-refractivity contribution in [3.63, 3.8) is 0 Å². The van der Waals surface area contributed by atoms with Gasteiger partial charge < -0.3 is 4.57 Å². The summed E-state index contributed by atoms with van der Waals surface area (Å²) >= 11 is 5.68. The normalized spacial score (nSPS) is 10.5. The number of aromatic nitrogens is 2. The van der Waals surface area contributed by atoms with Crippen molar-refractivity contribution in [1.82, 2.24) is 9.55 Å². The number of imidazole rings is 1. The summed E-state index contributed by atoms with van der Waals surface area (Å²) in [6.45, 7) is 0. The standard InChI is InChI=1S/C10H8BrIN2/c1-14-9(12)6-13-10(14)7-2-4-8(11)5-3-7/h2-6H,1H3. The Morgan fingerprint density at radius 2 is 1.93 bits per heavy atom. The highest BCUT2D eigenvalue weighted by Gasteiger charge is 2.05. The maximum absolute atomic E-state index is 4.36. The zero-order valence-corrected chi connectivity index (χ0v) is 11.3. The monoisotopic (exact) mass is 362 g/mol. The van der Waals surface area contributed by atoms with Crippen LogP contribution in [0.25, 0.3) is 11.4 Å². The first-order valence-corrected chi connectivity index (χ1v) is 5.99. The summed E-state index contributed by atoms with van der Waals surface area (Å²) in [5, 5.41) is 0. The third-order valence-electron chi connectivity index (χ3n) is 2.03. The average molecular weight is 363 g/mol. The molecule has 0 aliphatic rings. The first kappa shape index (κ1) is 10.2. The maximum Gasteiger partial charge on any atom is 0.140 e. The molecule has 0 saturated heterocycles. The second kappa shape index (κ2) is 4.02. The molecule has 1 aromatic carbocycles. The third kappa shape index (κ3) is 1.86. The van der Waals surface area contributed by atoms with Crippen molar-refractivity contribution in [3.8, 4) is 11.4 Å². The highest BCUT2D eigenvalue weighted by atomic mass is 127. The molecule has 0 amide bonds. The van der Waals surface area contributed by atoms with Gasteiger partial charge in [-0.15, -0.1) is 0 Å². The fourth-order valence-electron chi connectivity index (χ4n) is 1.26. The second-order valence-corrected chi connectivity index (χ2v) is 4.99. The Morgan fingerprint density at radius 1 is 1.29 bits per heavy atom. The molecule has 0 aliphatic heterocycles. The van der Waals surface area contributed by atoms with Gasteiger partial charge in [0.25, 0.3) is 0 Å². The van der Waals surface area contributed by atoms with Crippen molar-refractivity contribution in [3.05, 3.63) is 38.6 Å². The van der Waals surface area contributed by atoms with E-state index in [1.54, 1.807) is 0 Å². The lowest BCUT2D eigenvalue weighted by atomic mass is 10.2. The molecule has 4 heteroatoms. The van der Waals surface area contributed by atoms with E-state index in [0.29, 0.717) is 0 Å². The zero-order chi connectivity index (χ0) is 10.1. The van der Waals surface area contributed by atoms with Crippen molar-refractivity contribution in [1.29, 1.82) is 0 Å². The molecule has 1 heterocycles. The number of hydrogen-bond donors (Lipinski definition) is 0. The average Bonchev–Trinajstić information content (AvgIpc) is 2.50. The summed E-state index contributed by atoms with van der Waals surface area (Å²) in [6, 6.07) is 8.17. The molecular formula is C10H8BrIN2. The molecule has 2 rings (SSSR count). The highest BCUT2D eigenvalue weighted by Crippen LogP contribution is 2.21. The van der Waals surface area contributed by atoms with Gasteiger partial charge in [0.1, 0.15) is 5.82 Å². The van der Waals surface area contributed by atoms with Crippen LogP contribution in [0.1, 0.15) is 0 Å². The molecule has 2 aromatic rings. The van der Waals surface area contributed by atoms with Crippen molar-refractivity contribution in [2.24, 2.45) is 7.05 Å². The lowest BCUT2D eigenvalue weighted by Crippen LogP contribution is -1.94. The van der Waals surface area contributed by atoms with Crippen LogP contribution in [0.4, 0.5) is 0 Å². The first-order chi connectivity index (χ1) is 6.68. The van der Waals surface area contributed by atoms with E-state index in [0.717, 1.165) is 19.6 Å². The Labute approximate surface area is 105 Å². The van der Waals surface area contributed by atoms with E-state index >= 15 is 0 Å². The van der Waals surface area contributed by atoms with E-state index < -0.39 is 0 Å². The predicted octanol–water partition coefficient (Wildman–Crippen LogP) is 3.45. The van der Waals surface area contributed by atoms with Crippen LogP contribution in [-0.2, 0) is 7.05 Å². The Balaban J connectivity index is 2.49. The van der Waals surface area contributed by atoms with E-state index in [1.165, 1.54) is 0 Å². The number of benzene rings is 1. The SMILES string of the molecule is Cn1c(I)cnc1-c1ccc(Br)cc1. The topological polar surface area (TPSA) is 17.8 Å². The predicted molar refractivity (Wildman–Crippen MR) is 69.1 cm³/mol. The molecule has 0 atom stereocenters. The lowest BCUT2D eigenvalue weighted by molar-refractivity contribution is 0.899. The Hall–Kier alpha value is -0.360. The van der Waals surface area contributed by atoms with Gasteiger partial charge in [0.15, 0.2) is 0 Å². The van der Waals surface area contributed by atoms with E-state index in [-0.39, 0.29) is 0 Å². The van der Waals surface area contributed by atoms with Crippen LogP contribution in [0.5, 0.6) is 0 Å². The summed E-state index contributed by atoms with van der Waals surface area (Å²) in [7, 11) is 2.02. The number of nitrogens with zero attached hydrogens (tertiary/aromatic N) is 2. The van der Waals surface area contributed by atoms with Gasteiger partial charge in [-0.3, -0.25) is 0 Å². The fourth-order valence-corrected chi connectivity index (χ4v) is 1.89. The van der Waals surface area contributed by atoms with E-state index in [2.05, 4.69) is 60.2 Å². The highest BCUT2D eigenvalue weighted by molar-refractivity contribution is 14.1. The van der Waals surface area contributed by atoms with Crippen LogP contribution in [-0.4, -0.2) is 9.55 Å². The van der Waals surface area contributed by atoms with E-state index in [4.69, 9.17) is 0 Å². The number of halogens is 2. The largest absolute Gasteiger partial charge is 0.323 e. The van der Waals surface area contributed by atoms with Crippen molar-refractivity contribution < 1.29 is 0 Å². The quantitative estimate of drug-likeness (QED) is 0.710. The zero-order valence-electron chi connectivity index (χ0n) is 7.54. The minimum atomic E-state index is 1.00. The van der Waals surface area contributed by atoms with Gasteiger partial charge in [-0.25, -0.2) is 4.98 Å². The van der Waals surface area contributed by atoms with Crippen LogP contribution >= 0.6 is 38.5 Å². The van der Waals surface area contributed by atoms with Gasteiger partial charge in [0.05, 0.1) is 9.90 Å². The molecule has 0 radical (unpaired) electrons. The van der Waals surface area contributed by atoms with Crippen molar-refractivity contribution in [2.75, 3.05) is 0 Å². The van der Waals surface area contributed by atoms with Crippen LogP contribution in [0.3, 0.4) is 0 Å². The first-order valence-electron chi connectivity index (χ1n) is 4.11. The molecule has 1 aromatic heterocycles. The molecule has 0 bridgehead atoms. The van der Waals surface area contributed by atoms with Gasteiger partial charge in [0, 0.05) is 17.1 Å². The minimum absolute atomic E-state index is 1.00. The molecule has 0 unspecified atom stereocenters. The molecule has 14 heavy (non-hydrogen) atoms. The van der Waals surface area contributed by atoms with E-state index in [1.807, 2.05) is 25.4 Å². The molecule has 0 spiro atoms. The Bertz CT molecular complexity index is 448. The molecule has 0 N–H and O–H groups in total. The lowest BCUT2D eigenvalue weighted by Gasteiger charge is -2.02. The van der Waals surface area contributed by atoms with Crippen molar-refractivity contribution >= 4 is 38.5 Å². The smallest absolute Gasteiger partial charge is 0.140 e. The summed E-state index contributed by atoms with van der Waals surface area (Å²) in [5.41, 5.74) is 1.14. The number of rotatable bonds is 1.